The first-order chi connectivity index (χ1) is 7.93. The normalized spacial score (nSPS) is 27.8. The summed E-state index contributed by atoms with van der Waals surface area (Å²) in [7, 11) is 0. The van der Waals surface area contributed by atoms with Gasteiger partial charge in [-0.25, -0.2) is 0 Å². The fraction of sp³-hybridized carbons (Fsp3) is 0.462. The zero-order chi connectivity index (χ0) is 10.8. The van der Waals surface area contributed by atoms with Crippen LogP contribution in [0.1, 0.15) is 49.2 Å². The zero-order valence-corrected chi connectivity index (χ0v) is 9.21. The minimum Gasteiger partial charge on any atom is -0.288 e. The molecule has 2 aliphatic heterocycles. The van der Waals surface area contributed by atoms with Gasteiger partial charge in [0.05, 0.1) is 23.5 Å². The van der Waals surface area contributed by atoms with E-state index in [2.05, 4.69) is 28.2 Å². The third kappa shape index (κ3) is 1.77. The van der Waals surface area contributed by atoms with Crippen molar-refractivity contribution in [2.45, 2.75) is 37.8 Å². The Labute approximate surface area is 95.3 Å². The lowest BCUT2D eigenvalue weighted by Gasteiger charge is -2.10. The van der Waals surface area contributed by atoms with Gasteiger partial charge in [-0.15, -0.1) is 0 Å². The average Bonchev–Trinajstić information content (AvgIpc) is 3.03. The second kappa shape index (κ2) is 4.16. The van der Waals surface area contributed by atoms with Crippen molar-refractivity contribution in [1.82, 2.24) is 4.98 Å². The quantitative estimate of drug-likeness (QED) is 0.744. The zero-order valence-electron chi connectivity index (χ0n) is 9.21. The SMILES string of the molecule is C1=NC(c2cccc(C3CCC=N3)n2)CC1. The maximum absolute atomic E-state index is 4.71. The number of nitrogens with zero attached hydrogens (tertiary/aromatic N) is 3. The minimum atomic E-state index is 0.283. The van der Waals surface area contributed by atoms with Gasteiger partial charge in [-0.2, -0.15) is 0 Å². The summed E-state index contributed by atoms with van der Waals surface area (Å²) in [6.45, 7) is 0. The van der Waals surface area contributed by atoms with Crippen molar-refractivity contribution in [3.63, 3.8) is 0 Å². The Bertz CT molecular complexity index is 399. The minimum absolute atomic E-state index is 0.283. The molecular formula is C13H15N3. The molecule has 0 aromatic carbocycles. The molecule has 0 amide bonds. The van der Waals surface area contributed by atoms with E-state index in [9.17, 15) is 0 Å². The molecule has 3 heteroatoms. The van der Waals surface area contributed by atoms with Gasteiger partial charge in [0.25, 0.3) is 0 Å². The van der Waals surface area contributed by atoms with Gasteiger partial charge in [-0.3, -0.25) is 15.0 Å². The Morgan fingerprint density at radius 3 is 1.88 bits per heavy atom. The Morgan fingerprint density at radius 2 is 1.44 bits per heavy atom. The third-order valence-corrected chi connectivity index (χ3v) is 3.18. The number of hydrogen-bond acceptors (Lipinski definition) is 3. The van der Waals surface area contributed by atoms with E-state index in [1.54, 1.807) is 0 Å². The van der Waals surface area contributed by atoms with Crippen LogP contribution in [0.5, 0.6) is 0 Å². The molecule has 0 N–H and O–H groups in total. The van der Waals surface area contributed by atoms with Crippen molar-refractivity contribution in [3.05, 3.63) is 29.6 Å². The maximum Gasteiger partial charge on any atom is 0.0919 e. The van der Waals surface area contributed by atoms with E-state index < -0.39 is 0 Å². The van der Waals surface area contributed by atoms with Crippen molar-refractivity contribution in [1.29, 1.82) is 0 Å². The van der Waals surface area contributed by atoms with Crippen LogP contribution in [0, 0.1) is 0 Å². The van der Waals surface area contributed by atoms with E-state index in [0.29, 0.717) is 0 Å². The highest BCUT2D eigenvalue weighted by atomic mass is 14.9. The second-order valence-electron chi connectivity index (χ2n) is 4.34. The molecule has 0 fully saturated rings. The molecular weight excluding hydrogens is 198 g/mol. The lowest BCUT2D eigenvalue weighted by molar-refractivity contribution is 0.658. The summed E-state index contributed by atoms with van der Waals surface area (Å²) in [5.41, 5.74) is 2.21. The van der Waals surface area contributed by atoms with Crippen LogP contribution in [0.3, 0.4) is 0 Å². The van der Waals surface area contributed by atoms with Crippen LogP contribution >= 0.6 is 0 Å². The van der Waals surface area contributed by atoms with E-state index >= 15 is 0 Å². The fourth-order valence-corrected chi connectivity index (χ4v) is 2.31. The Morgan fingerprint density at radius 1 is 0.875 bits per heavy atom. The summed E-state index contributed by atoms with van der Waals surface area (Å²) in [6.07, 6.45) is 8.38. The number of aromatic nitrogens is 1. The van der Waals surface area contributed by atoms with Crippen LogP contribution in [-0.2, 0) is 0 Å². The number of aliphatic imine (C=N–C) groups is 2. The number of pyridine rings is 1. The molecule has 0 aliphatic carbocycles. The van der Waals surface area contributed by atoms with Gasteiger partial charge in [0.2, 0.25) is 0 Å². The number of hydrogen-bond donors (Lipinski definition) is 0. The first-order valence-corrected chi connectivity index (χ1v) is 5.93. The summed E-state index contributed by atoms with van der Waals surface area (Å²) in [6, 6.07) is 6.81. The molecule has 2 unspecified atom stereocenters. The molecule has 2 atom stereocenters. The van der Waals surface area contributed by atoms with Crippen LogP contribution in [-0.4, -0.2) is 17.4 Å². The fourth-order valence-electron chi connectivity index (χ4n) is 2.31. The predicted molar refractivity (Wildman–Crippen MR) is 65.2 cm³/mol. The molecule has 3 nitrogen and oxygen atoms in total. The van der Waals surface area contributed by atoms with Gasteiger partial charge in [0, 0.05) is 0 Å². The molecule has 0 spiro atoms. The molecule has 82 valence electrons. The van der Waals surface area contributed by atoms with Crippen molar-refractivity contribution in [2.75, 3.05) is 0 Å². The van der Waals surface area contributed by atoms with Gasteiger partial charge in [-0.05, 0) is 50.2 Å². The van der Waals surface area contributed by atoms with E-state index in [1.807, 2.05) is 12.4 Å². The maximum atomic E-state index is 4.71. The summed E-state index contributed by atoms with van der Waals surface area (Å²) < 4.78 is 0. The molecule has 1 aromatic heterocycles. The molecule has 0 saturated heterocycles. The van der Waals surface area contributed by atoms with Crippen LogP contribution < -0.4 is 0 Å². The first kappa shape index (κ1) is 9.70. The van der Waals surface area contributed by atoms with E-state index in [1.165, 1.54) is 0 Å². The lowest BCUT2D eigenvalue weighted by Crippen LogP contribution is -2.01. The van der Waals surface area contributed by atoms with Gasteiger partial charge < -0.3 is 0 Å². The predicted octanol–water partition coefficient (Wildman–Crippen LogP) is 2.89. The van der Waals surface area contributed by atoms with Gasteiger partial charge >= 0.3 is 0 Å². The standard InChI is InChI=1S/C13H15N3/c1-4-12(10-6-2-8-14-10)16-13(5-1)11-7-3-9-15-11/h1,4-5,8-11H,2-3,6-7H2. The van der Waals surface area contributed by atoms with Crippen molar-refractivity contribution >= 4 is 12.4 Å². The highest BCUT2D eigenvalue weighted by molar-refractivity contribution is 5.61. The molecule has 16 heavy (non-hydrogen) atoms. The van der Waals surface area contributed by atoms with E-state index in [-0.39, 0.29) is 12.1 Å². The van der Waals surface area contributed by atoms with Crippen LogP contribution in [0.2, 0.25) is 0 Å². The Hall–Kier alpha value is -1.51. The topological polar surface area (TPSA) is 37.6 Å². The highest BCUT2D eigenvalue weighted by Gasteiger charge is 2.18. The van der Waals surface area contributed by atoms with E-state index in [4.69, 9.17) is 4.98 Å². The van der Waals surface area contributed by atoms with E-state index in [0.717, 1.165) is 37.1 Å². The first-order valence-electron chi connectivity index (χ1n) is 5.93. The summed E-state index contributed by atoms with van der Waals surface area (Å²) in [5.74, 6) is 0. The third-order valence-electron chi connectivity index (χ3n) is 3.18. The average molecular weight is 213 g/mol. The summed E-state index contributed by atoms with van der Waals surface area (Å²) >= 11 is 0. The largest absolute Gasteiger partial charge is 0.288 e. The molecule has 0 bridgehead atoms. The number of rotatable bonds is 2. The summed E-state index contributed by atoms with van der Waals surface area (Å²) in [5, 5.41) is 0. The van der Waals surface area contributed by atoms with Crippen molar-refractivity contribution in [2.24, 2.45) is 9.98 Å². The molecule has 1 aromatic rings. The smallest absolute Gasteiger partial charge is 0.0919 e. The molecule has 3 rings (SSSR count). The molecule has 3 heterocycles. The monoisotopic (exact) mass is 213 g/mol. The highest BCUT2D eigenvalue weighted by Crippen LogP contribution is 2.29. The molecule has 2 aliphatic rings. The van der Waals surface area contributed by atoms with Crippen LogP contribution in [0.4, 0.5) is 0 Å². The lowest BCUT2D eigenvalue weighted by atomic mass is 10.1. The van der Waals surface area contributed by atoms with Crippen molar-refractivity contribution in [3.8, 4) is 0 Å². The van der Waals surface area contributed by atoms with Gasteiger partial charge in [0.1, 0.15) is 0 Å². The molecule has 0 radical (unpaired) electrons. The van der Waals surface area contributed by atoms with Crippen molar-refractivity contribution < 1.29 is 0 Å². The Kier molecular flexibility index (Phi) is 2.52. The van der Waals surface area contributed by atoms with Gasteiger partial charge in [-0.1, -0.05) is 6.07 Å². The Balaban J connectivity index is 1.87. The van der Waals surface area contributed by atoms with Crippen LogP contribution in [0.25, 0.3) is 0 Å². The van der Waals surface area contributed by atoms with Crippen LogP contribution in [0.15, 0.2) is 28.2 Å². The van der Waals surface area contributed by atoms with Gasteiger partial charge in [0.15, 0.2) is 0 Å². The molecule has 0 saturated carbocycles. The summed E-state index contributed by atoms with van der Waals surface area (Å²) in [4.78, 5) is 13.6. The second-order valence-corrected chi connectivity index (χ2v) is 4.34.